The number of nitrogens with zero attached hydrogens (tertiary/aromatic N) is 1. The van der Waals surface area contributed by atoms with E-state index < -0.39 is 0 Å². The molecule has 1 aromatic rings. The second-order valence-electron chi connectivity index (χ2n) is 3.37. The topological polar surface area (TPSA) is 14.2 Å². The van der Waals surface area contributed by atoms with Gasteiger partial charge in [-0.25, -0.2) is 0 Å². The summed E-state index contributed by atoms with van der Waals surface area (Å²) in [6, 6.07) is 5.68. The molecular formula is C12H17NOS. The molecule has 0 bridgehead atoms. The van der Waals surface area contributed by atoms with E-state index in [9.17, 15) is 0 Å². The second-order valence-corrected chi connectivity index (χ2v) is 3.78. The predicted octanol–water partition coefficient (Wildman–Crippen LogP) is 3.39. The molecular weight excluding hydrogens is 206 g/mol. The Morgan fingerprint density at radius 3 is 3.00 bits per heavy atom. The number of pyridine rings is 1. The largest absolute Gasteiger partial charge is 0.410 e. The maximum Gasteiger partial charge on any atom is 0.142 e. The fraction of sp³-hybridized carbons (Fsp3) is 0.417. The quantitative estimate of drug-likeness (QED) is 0.542. The molecule has 1 rings (SSSR count). The Labute approximate surface area is 96.2 Å². The number of rotatable bonds is 6. The Morgan fingerprint density at radius 2 is 2.40 bits per heavy atom. The molecule has 0 spiro atoms. The molecule has 0 aromatic carbocycles. The summed E-state index contributed by atoms with van der Waals surface area (Å²) >= 11 is 5.15. The first-order valence-electron chi connectivity index (χ1n) is 5.23. The normalized spacial score (nSPS) is 12.1. The van der Waals surface area contributed by atoms with Crippen molar-refractivity contribution in [3.05, 3.63) is 41.7 Å². The average Bonchev–Trinajstić information content (AvgIpc) is 2.26. The molecule has 1 unspecified atom stereocenters. The molecule has 2 nitrogen and oxygen atoms in total. The fourth-order valence-corrected chi connectivity index (χ4v) is 1.48. The van der Waals surface area contributed by atoms with Crippen molar-refractivity contribution in [2.24, 2.45) is 0 Å². The van der Waals surface area contributed by atoms with Gasteiger partial charge in [0.25, 0.3) is 0 Å². The van der Waals surface area contributed by atoms with Crippen molar-refractivity contribution < 1.29 is 4.84 Å². The molecule has 0 fully saturated rings. The predicted molar refractivity (Wildman–Crippen MR) is 65.4 cm³/mol. The van der Waals surface area contributed by atoms with Crippen LogP contribution in [0.15, 0.2) is 37.1 Å². The average molecular weight is 223 g/mol. The van der Waals surface area contributed by atoms with E-state index in [4.69, 9.17) is 17.1 Å². The van der Waals surface area contributed by atoms with Crippen LogP contribution in [-0.2, 0) is 0 Å². The van der Waals surface area contributed by atoms with Crippen molar-refractivity contribution >= 4 is 12.2 Å². The molecule has 0 aliphatic carbocycles. The van der Waals surface area contributed by atoms with E-state index in [2.05, 4.69) is 13.5 Å². The van der Waals surface area contributed by atoms with Gasteiger partial charge in [-0.05, 0) is 31.4 Å². The molecule has 0 amide bonds. The molecule has 1 heterocycles. The summed E-state index contributed by atoms with van der Waals surface area (Å²) in [6.07, 6.45) is 6.90. The lowest BCUT2D eigenvalue weighted by atomic mass is 10.1. The van der Waals surface area contributed by atoms with Gasteiger partial charge in [-0.15, -0.1) is 6.58 Å². The summed E-state index contributed by atoms with van der Waals surface area (Å²) in [4.78, 5) is 5.76. The molecule has 0 aliphatic heterocycles. The lowest BCUT2D eigenvalue weighted by molar-refractivity contribution is 0.0268. The maximum atomic E-state index is 5.76. The lowest BCUT2D eigenvalue weighted by Crippen LogP contribution is -2.24. The summed E-state index contributed by atoms with van der Waals surface area (Å²) in [6.45, 7) is 5.82. The first-order valence-corrected chi connectivity index (χ1v) is 5.64. The van der Waals surface area contributed by atoms with Crippen LogP contribution in [0.1, 0.15) is 26.2 Å². The van der Waals surface area contributed by atoms with Crippen molar-refractivity contribution in [2.75, 3.05) is 0 Å². The number of aromatic nitrogens is 1. The van der Waals surface area contributed by atoms with Gasteiger partial charge in [-0.2, -0.15) is 4.73 Å². The van der Waals surface area contributed by atoms with Gasteiger partial charge in [0.05, 0.1) is 0 Å². The third kappa shape index (κ3) is 3.88. The van der Waals surface area contributed by atoms with E-state index >= 15 is 0 Å². The zero-order valence-electron chi connectivity index (χ0n) is 9.06. The van der Waals surface area contributed by atoms with Crippen molar-refractivity contribution in [3.63, 3.8) is 0 Å². The van der Waals surface area contributed by atoms with Crippen molar-refractivity contribution in [3.8, 4) is 0 Å². The maximum absolute atomic E-state index is 5.76. The van der Waals surface area contributed by atoms with Crippen LogP contribution in [-0.4, -0.2) is 10.8 Å². The fourth-order valence-electron chi connectivity index (χ4n) is 1.30. The van der Waals surface area contributed by atoms with E-state index in [0.717, 1.165) is 19.3 Å². The van der Waals surface area contributed by atoms with Crippen molar-refractivity contribution in [1.29, 1.82) is 0 Å². The Kier molecular flexibility index (Phi) is 5.12. The Hall–Kier alpha value is -1.09. The van der Waals surface area contributed by atoms with Crippen LogP contribution in [0.25, 0.3) is 0 Å². The highest BCUT2D eigenvalue weighted by Crippen LogP contribution is 2.05. The van der Waals surface area contributed by atoms with Gasteiger partial charge in [0.15, 0.2) is 0 Å². The van der Waals surface area contributed by atoms with E-state index in [0.29, 0.717) is 4.64 Å². The minimum absolute atomic E-state index is 0.206. The summed E-state index contributed by atoms with van der Waals surface area (Å²) in [5.41, 5.74) is 0. The number of hydrogen-bond acceptors (Lipinski definition) is 2. The Bertz CT molecular complexity index is 359. The Balaban J connectivity index is 2.62. The highest BCUT2D eigenvalue weighted by atomic mass is 32.1. The van der Waals surface area contributed by atoms with Gasteiger partial charge < -0.3 is 4.84 Å². The smallest absolute Gasteiger partial charge is 0.142 e. The minimum atomic E-state index is 0.206. The van der Waals surface area contributed by atoms with Crippen LogP contribution in [0.3, 0.4) is 0 Å². The van der Waals surface area contributed by atoms with E-state index in [1.54, 1.807) is 4.73 Å². The van der Waals surface area contributed by atoms with Gasteiger partial charge in [-0.1, -0.05) is 31.3 Å². The van der Waals surface area contributed by atoms with Gasteiger partial charge in [0.1, 0.15) is 10.7 Å². The molecule has 0 aliphatic rings. The lowest BCUT2D eigenvalue weighted by Gasteiger charge is -2.17. The first-order chi connectivity index (χ1) is 7.27. The molecule has 0 saturated carbocycles. The summed E-state index contributed by atoms with van der Waals surface area (Å²) in [7, 11) is 0. The van der Waals surface area contributed by atoms with Crippen LogP contribution < -0.4 is 4.84 Å². The molecule has 82 valence electrons. The van der Waals surface area contributed by atoms with E-state index in [-0.39, 0.29) is 6.10 Å². The summed E-state index contributed by atoms with van der Waals surface area (Å²) in [5, 5.41) is 0. The zero-order valence-corrected chi connectivity index (χ0v) is 9.87. The van der Waals surface area contributed by atoms with Crippen molar-refractivity contribution in [2.45, 2.75) is 32.3 Å². The first kappa shape index (κ1) is 12.0. The number of hydrogen-bond donors (Lipinski definition) is 0. The van der Waals surface area contributed by atoms with Gasteiger partial charge >= 0.3 is 0 Å². The Morgan fingerprint density at radius 1 is 1.60 bits per heavy atom. The molecule has 0 radical (unpaired) electrons. The highest BCUT2D eigenvalue weighted by Gasteiger charge is 2.06. The SMILES string of the molecule is C=CCCC(CC)On1ccccc1=S. The molecule has 1 atom stereocenters. The molecule has 15 heavy (non-hydrogen) atoms. The number of allylic oxidation sites excluding steroid dienone is 1. The zero-order chi connectivity index (χ0) is 11.1. The van der Waals surface area contributed by atoms with Crippen LogP contribution in [0.4, 0.5) is 0 Å². The second kappa shape index (κ2) is 6.40. The monoisotopic (exact) mass is 223 g/mol. The van der Waals surface area contributed by atoms with Gasteiger partial charge in [0.2, 0.25) is 0 Å². The molecule has 0 saturated heterocycles. The third-order valence-electron chi connectivity index (χ3n) is 2.20. The van der Waals surface area contributed by atoms with Crippen LogP contribution in [0.5, 0.6) is 0 Å². The molecule has 1 aromatic heterocycles. The molecule has 3 heteroatoms. The standard InChI is InChI=1S/C12H17NOS/c1-3-5-8-11(4-2)14-13-10-7-6-9-12(13)15/h3,6-7,9-11H,1,4-5,8H2,2H3. The van der Waals surface area contributed by atoms with Crippen LogP contribution in [0, 0.1) is 4.64 Å². The van der Waals surface area contributed by atoms with Crippen LogP contribution in [0.2, 0.25) is 0 Å². The van der Waals surface area contributed by atoms with Crippen molar-refractivity contribution in [1.82, 2.24) is 4.73 Å². The van der Waals surface area contributed by atoms with Crippen LogP contribution >= 0.6 is 12.2 Å². The summed E-state index contributed by atoms with van der Waals surface area (Å²) in [5.74, 6) is 0. The van der Waals surface area contributed by atoms with E-state index in [1.807, 2.05) is 30.5 Å². The van der Waals surface area contributed by atoms with E-state index in [1.165, 1.54) is 0 Å². The third-order valence-corrected chi connectivity index (χ3v) is 2.52. The summed E-state index contributed by atoms with van der Waals surface area (Å²) < 4.78 is 2.36. The van der Waals surface area contributed by atoms with Gasteiger partial charge in [-0.3, -0.25) is 0 Å². The van der Waals surface area contributed by atoms with Gasteiger partial charge in [0, 0.05) is 6.20 Å². The minimum Gasteiger partial charge on any atom is -0.410 e. The highest BCUT2D eigenvalue weighted by molar-refractivity contribution is 7.71. The molecule has 0 N–H and O–H groups in total.